The summed E-state index contributed by atoms with van der Waals surface area (Å²) in [5, 5.41) is 6.35. The zero-order chi connectivity index (χ0) is 20.9. The molecule has 0 radical (unpaired) electrons. The van der Waals surface area contributed by atoms with Gasteiger partial charge in [0.15, 0.2) is 0 Å². The first-order valence-electron chi connectivity index (χ1n) is 10.6. The predicted molar refractivity (Wildman–Crippen MR) is 115 cm³/mol. The number of rotatable bonds is 7. The number of nitrogens with one attached hydrogen (secondary N) is 2. The summed E-state index contributed by atoms with van der Waals surface area (Å²) in [7, 11) is -3.62. The molecule has 0 spiro atoms. The second-order valence-corrected chi connectivity index (χ2v) is 10.3. The van der Waals surface area contributed by atoms with Crippen LogP contribution in [0, 0.1) is 11.8 Å². The summed E-state index contributed by atoms with van der Waals surface area (Å²) < 4.78 is 32.8. The second kappa shape index (κ2) is 9.91. The Balaban J connectivity index is 1.85. The highest BCUT2D eigenvalue weighted by atomic mass is 32.2. The highest BCUT2D eigenvalue weighted by molar-refractivity contribution is 7.89. The first kappa shape index (κ1) is 22.1. The molecule has 0 bridgehead atoms. The largest absolute Gasteiger partial charge is 0.383 e. The van der Waals surface area contributed by atoms with Crippen LogP contribution in [0.5, 0.6) is 0 Å². The van der Waals surface area contributed by atoms with Gasteiger partial charge in [0.05, 0.1) is 29.5 Å². The van der Waals surface area contributed by atoms with Crippen LogP contribution in [0.2, 0.25) is 0 Å². The van der Waals surface area contributed by atoms with Crippen molar-refractivity contribution in [3.63, 3.8) is 0 Å². The molecule has 162 valence electrons. The molecule has 2 N–H and O–H groups in total. The number of sulfonamides is 1. The molecular weight excluding hydrogens is 390 g/mol. The number of hydrogen-bond donors (Lipinski definition) is 2. The molecule has 1 amide bonds. The molecule has 1 saturated heterocycles. The van der Waals surface area contributed by atoms with Crippen LogP contribution in [-0.4, -0.2) is 51.5 Å². The zero-order valence-electron chi connectivity index (χ0n) is 17.4. The molecular formula is C21H33N3O4S. The summed E-state index contributed by atoms with van der Waals surface area (Å²) in [6.07, 6.45) is 5.11. The summed E-state index contributed by atoms with van der Waals surface area (Å²) in [5.74, 6) is 0.410. The van der Waals surface area contributed by atoms with Crippen molar-refractivity contribution in [3.05, 3.63) is 18.2 Å². The van der Waals surface area contributed by atoms with Crippen molar-refractivity contribution in [1.82, 2.24) is 4.31 Å². The lowest BCUT2D eigenvalue weighted by atomic mass is 9.88. The first-order valence-corrected chi connectivity index (χ1v) is 12.1. The lowest BCUT2D eigenvalue weighted by molar-refractivity contribution is -0.120. The summed E-state index contributed by atoms with van der Waals surface area (Å²) in [6, 6.07) is 4.96. The number of morpholine rings is 1. The number of ether oxygens (including phenoxy) is 1. The Labute approximate surface area is 174 Å². The Bertz CT molecular complexity index is 798. The highest BCUT2D eigenvalue weighted by Gasteiger charge is 2.28. The molecule has 1 aromatic carbocycles. The molecule has 1 aromatic rings. The number of benzene rings is 1. The van der Waals surface area contributed by atoms with E-state index in [0.29, 0.717) is 37.9 Å². The van der Waals surface area contributed by atoms with Gasteiger partial charge in [-0.2, -0.15) is 4.31 Å². The van der Waals surface area contributed by atoms with E-state index in [2.05, 4.69) is 24.5 Å². The third-order valence-corrected chi connectivity index (χ3v) is 7.43. The van der Waals surface area contributed by atoms with E-state index in [0.717, 1.165) is 37.9 Å². The van der Waals surface area contributed by atoms with Crippen molar-refractivity contribution in [2.24, 2.45) is 11.8 Å². The Kier molecular flexibility index (Phi) is 7.54. The van der Waals surface area contributed by atoms with Crippen LogP contribution in [0.15, 0.2) is 23.1 Å². The molecule has 0 unspecified atom stereocenters. The molecule has 0 atom stereocenters. The number of anilines is 2. The SMILES string of the molecule is CC(C)CNc1ccc(S(=O)(=O)N2CCOCC2)cc1NC(=O)C1CCCCC1. The number of carbonyl (C=O) groups excluding carboxylic acids is 1. The number of carbonyl (C=O) groups is 1. The van der Waals surface area contributed by atoms with Crippen LogP contribution < -0.4 is 10.6 Å². The number of amides is 1. The van der Waals surface area contributed by atoms with Crippen LogP contribution in [0.3, 0.4) is 0 Å². The summed E-state index contributed by atoms with van der Waals surface area (Å²) in [5.41, 5.74) is 1.29. The third kappa shape index (κ3) is 5.71. The van der Waals surface area contributed by atoms with Crippen molar-refractivity contribution in [2.45, 2.75) is 50.8 Å². The van der Waals surface area contributed by atoms with Crippen LogP contribution in [-0.2, 0) is 19.6 Å². The van der Waals surface area contributed by atoms with Gasteiger partial charge in [-0.25, -0.2) is 8.42 Å². The van der Waals surface area contributed by atoms with Gasteiger partial charge in [0.2, 0.25) is 15.9 Å². The quantitative estimate of drug-likeness (QED) is 0.703. The maximum Gasteiger partial charge on any atom is 0.243 e. The highest BCUT2D eigenvalue weighted by Crippen LogP contribution is 2.30. The minimum absolute atomic E-state index is 0.00112. The van der Waals surface area contributed by atoms with E-state index in [4.69, 9.17) is 4.74 Å². The Morgan fingerprint density at radius 3 is 2.48 bits per heavy atom. The van der Waals surface area contributed by atoms with Crippen molar-refractivity contribution in [1.29, 1.82) is 0 Å². The molecule has 1 saturated carbocycles. The van der Waals surface area contributed by atoms with Crippen LogP contribution in [0.25, 0.3) is 0 Å². The molecule has 1 aliphatic heterocycles. The van der Waals surface area contributed by atoms with E-state index in [1.54, 1.807) is 18.2 Å². The molecule has 7 nitrogen and oxygen atoms in total. The maximum atomic E-state index is 13.0. The molecule has 8 heteroatoms. The summed E-state index contributed by atoms with van der Waals surface area (Å²) in [4.78, 5) is 13.0. The van der Waals surface area contributed by atoms with Gasteiger partial charge in [0.25, 0.3) is 0 Å². The minimum Gasteiger partial charge on any atom is -0.383 e. The Morgan fingerprint density at radius 2 is 1.83 bits per heavy atom. The standard InChI is InChI=1S/C21H33N3O4S/c1-16(2)15-22-19-9-8-18(29(26,27)24-10-12-28-13-11-24)14-20(19)23-21(25)17-6-4-3-5-7-17/h8-9,14,16-17,22H,3-7,10-13,15H2,1-2H3,(H,23,25). The summed E-state index contributed by atoms with van der Waals surface area (Å²) >= 11 is 0. The molecule has 2 aliphatic rings. The molecule has 3 rings (SSSR count). The smallest absolute Gasteiger partial charge is 0.243 e. The first-order chi connectivity index (χ1) is 13.9. The third-order valence-electron chi connectivity index (χ3n) is 5.53. The fourth-order valence-electron chi connectivity index (χ4n) is 3.79. The van der Waals surface area contributed by atoms with Gasteiger partial charge in [-0.3, -0.25) is 4.79 Å². The van der Waals surface area contributed by atoms with Gasteiger partial charge in [-0.05, 0) is 37.0 Å². The molecule has 29 heavy (non-hydrogen) atoms. The van der Waals surface area contributed by atoms with Crippen molar-refractivity contribution < 1.29 is 17.9 Å². The lowest BCUT2D eigenvalue weighted by Gasteiger charge is -2.27. The van der Waals surface area contributed by atoms with Crippen molar-refractivity contribution in [3.8, 4) is 0 Å². The van der Waals surface area contributed by atoms with Crippen LogP contribution in [0.4, 0.5) is 11.4 Å². The van der Waals surface area contributed by atoms with Gasteiger partial charge in [0, 0.05) is 25.6 Å². The fraction of sp³-hybridized carbons (Fsp3) is 0.667. The lowest BCUT2D eigenvalue weighted by Crippen LogP contribution is -2.40. The molecule has 2 fully saturated rings. The van der Waals surface area contributed by atoms with Gasteiger partial charge >= 0.3 is 0 Å². The maximum absolute atomic E-state index is 13.0. The predicted octanol–water partition coefficient (Wildman–Crippen LogP) is 3.29. The van der Waals surface area contributed by atoms with Gasteiger partial charge in [0.1, 0.15) is 0 Å². The summed E-state index contributed by atoms with van der Waals surface area (Å²) in [6.45, 7) is 6.44. The van der Waals surface area contributed by atoms with Crippen molar-refractivity contribution in [2.75, 3.05) is 43.5 Å². The van der Waals surface area contributed by atoms with Crippen LogP contribution in [0.1, 0.15) is 46.0 Å². The molecule has 1 aliphatic carbocycles. The fourth-order valence-corrected chi connectivity index (χ4v) is 5.23. The van der Waals surface area contributed by atoms with Crippen LogP contribution >= 0.6 is 0 Å². The molecule has 1 heterocycles. The second-order valence-electron chi connectivity index (χ2n) is 8.32. The zero-order valence-corrected chi connectivity index (χ0v) is 18.3. The van der Waals surface area contributed by atoms with E-state index in [1.165, 1.54) is 10.7 Å². The van der Waals surface area contributed by atoms with Gasteiger partial charge in [-0.15, -0.1) is 0 Å². The van der Waals surface area contributed by atoms with Crippen molar-refractivity contribution >= 4 is 27.3 Å². The van der Waals surface area contributed by atoms with E-state index in [-0.39, 0.29) is 16.7 Å². The molecule has 0 aromatic heterocycles. The van der Waals surface area contributed by atoms with Gasteiger partial charge < -0.3 is 15.4 Å². The average Bonchev–Trinajstić information content (AvgIpc) is 2.74. The Hall–Kier alpha value is -1.64. The van der Waals surface area contributed by atoms with E-state index < -0.39 is 10.0 Å². The van der Waals surface area contributed by atoms with E-state index in [1.807, 2.05) is 0 Å². The number of nitrogens with zero attached hydrogens (tertiary/aromatic N) is 1. The van der Waals surface area contributed by atoms with Gasteiger partial charge in [-0.1, -0.05) is 33.1 Å². The number of hydrogen-bond acceptors (Lipinski definition) is 5. The van der Waals surface area contributed by atoms with E-state index in [9.17, 15) is 13.2 Å². The normalized spacial score (nSPS) is 19.3. The monoisotopic (exact) mass is 423 g/mol. The van der Waals surface area contributed by atoms with E-state index >= 15 is 0 Å². The Morgan fingerprint density at radius 1 is 1.14 bits per heavy atom. The average molecular weight is 424 g/mol. The topological polar surface area (TPSA) is 87.7 Å². The minimum atomic E-state index is -3.62.